The molecule has 0 unspecified atom stereocenters. The molecule has 2 saturated heterocycles. The molecule has 0 saturated carbocycles. The van der Waals surface area contributed by atoms with Gasteiger partial charge < -0.3 is 20.3 Å². The van der Waals surface area contributed by atoms with E-state index in [1.165, 1.54) is 0 Å². The third kappa shape index (κ3) is 4.19. The monoisotopic (exact) mass is 486 g/mol. The number of morpholine rings is 1. The molecule has 0 bridgehead atoms. The van der Waals surface area contributed by atoms with E-state index in [1.807, 2.05) is 9.58 Å². The smallest absolute Gasteiger partial charge is 0.255 e. The molecule has 0 radical (unpaired) electrons. The minimum Gasteiger partial charge on any atom is -0.378 e. The lowest BCUT2D eigenvalue weighted by Gasteiger charge is -2.32. The van der Waals surface area contributed by atoms with Crippen molar-refractivity contribution in [1.82, 2.24) is 39.6 Å². The Labute approximate surface area is 207 Å². The molecule has 4 aromatic rings. The molecule has 2 aliphatic heterocycles. The Kier molecular flexibility index (Phi) is 5.85. The van der Waals surface area contributed by atoms with Crippen molar-refractivity contribution in [3.63, 3.8) is 0 Å². The molecule has 4 aromatic heterocycles. The van der Waals surface area contributed by atoms with E-state index in [4.69, 9.17) is 25.5 Å². The summed E-state index contributed by atoms with van der Waals surface area (Å²) < 4.78 is 7.50. The normalized spacial score (nSPS) is 17.0. The van der Waals surface area contributed by atoms with Gasteiger partial charge in [-0.2, -0.15) is 10.1 Å². The highest BCUT2D eigenvalue weighted by molar-refractivity contribution is 5.94. The number of rotatable bonds is 4. The van der Waals surface area contributed by atoms with Gasteiger partial charge in [-0.3, -0.25) is 9.78 Å². The Morgan fingerprint density at radius 2 is 1.78 bits per heavy atom. The number of fused-ring (bicyclic) bond motifs is 1. The summed E-state index contributed by atoms with van der Waals surface area (Å²) in [5.74, 6) is 0.846. The van der Waals surface area contributed by atoms with Gasteiger partial charge in [0.1, 0.15) is 0 Å². The van der Waals surface area contributed by atoms with Crippen LogP contribution < -0.4 is 10.6 Å². The molecule has 6 heterocycles. The number of aromatic nitrogens is 7. The predicted molar refractivity (Wildman–Crippen MR) is 132 cm³/mol. The Hall–Kier alpha value is -4.19. The van der Waals surface area contributed by atoms with Crippen LogP contribution in [0.5, 0.6) is 0 Å². The minimum absolute atomic E-state index is 0.00874. The van der Waals surface area contributed by atoms with Crippen LogP contribution in [0.1, 0.15) is 29.2 Å². The number of hydrogen-bond donors (Lipinski definition) is 1. The number of amides is 1. The van der Waals surface area contributed by atoms with E-state index < -0.39 is 0 Å². The van der Waals surface area contributed by atoms with E-state index >= 15 is 0 Å². The summed E-state index contributed by atoms with van der Waals surface area (Å²) in [5.41, 5.74) is 8.55. The Bertz CT molecular complexity index is 1360. The SMILES string of the molecule is Nc1ncc(-c2nc(N3CCOCC3)nc3c2cnn3C2CCN(C(=O)c3cccnc3)CC2)cn1. The molecule has 2 N–H and O–H groups in total. The van der Waals surface area contributed by atoms with Crippen LogP contribution in [0, 0.1) is 0 Å². The lowest BCUT2D eigenvalue weighted by Crippen LogP contribution is -2.39. The minimum atomic E-state index is 0.00874. The summed E-state index contributed by atoms with van der Waals surface area (Å²) in [5, 5.41) is 5.56. The third-order valence-corrected chi connectivity index (χ3v) is 6.69. The van der Waals surface area contributed by atoms with Crippen LogP contribution in [0.2, 0.25) is 0 Å². The Morgan fingerprint density at radius 1 is 1.00 bits per heavy atom. The number of carbonyl (C=O) groups is 1. The Morgan fingerprint density at radius 3 is 2.50 bits per heavy atom. The van der Waals surface area contributed by atoms with E-state index in [0.29, 0.717) is 50.9 Å². The molecule has 0 aliphatic carbocycles. The second-order valence-electron chi connectivity index (χ2n) is 8.89. The summed E-state index contributed by atoms with van der Waals surface area (Å²) in [7, 11) is 0. The summed E-state index contributed by atoms with van der Waals surface area (Å²) in [6.07, 6.45) is 9.99. The summed E-state index contributed by atoms with van der Waals surface area (Å²) in [4.78, 5) is 39.1. The van der Waals surface area contributed by atoms with Gasteiger partial charge in [-0.1, -0.05) is 0 Å². The van der Waals surface area contributed by atoms with E-state index in [0.717, 1.165) is 35.1 Å². The lowest BCUT2D eigenvalue weighted by atomic mass is 10.0. The van der Waals surface area contributed by atoms with Gasteiger partial charge in [0.25, 0.3) is 5.91 Å². The molecule has 12 heteroatoms. The summed E-state index contributed by atoms with van der Waals surface area (Å²) >= 11 is 0. The van der Waals surface area contributed by atoms with Crippen molar-refractivity contribution < 1.29 is 9.53 Å². The molecular weight excluding hydrogens is 460 g/mol. The number of piperidine rings is 1. The highest BCUT2D eigenvalue weighted by Gasteiger charge is 2.28. The van der Waals surface area contributed by atoms with E-state index in [9.17, 15) is 4.79 Å². The highest BCUT2D eigenvalue weighted by atomic mass is 16.5. The zero-order chi connectivity index (χ0) is 24.5. The zero-order valence-corrected chi connectivity index (χ0v) is 19.7. The number of nitrogen functional groups attached to an aromatic ring is 1. The molecule has 12 nitrogen and oxygen atoms in total. The van der Waals surface area contributed by atoms with Crippen LogP contribution in [0.15, 0.2) is 43.1 Å². The van der Waals surface area contributed by atoms with Crippen LogP contribution >= 0.6 is 0 Å². The van der Waals surface area contributed by atoms with Crippen LogP contribution in [-0.2, 0) is 4.74 Å². The number of nitrogens with two attached hydrogens (primary N) is 1. The fraction of sp³-hybridized carbons (Fsp3) is 0.375. The van der Waals surface area contributed by atoms with Gasteiger partial charge >= 0.3 is 0 Å². The molecule has 2 fully saturated rings. The van der Waals surface area contributed by atoms with Crippen molar-refractivity contribution in [3.05, 3.63) is 48.7 Å². The van der Waals surface area contributed by atoms with Gasteiger partial charge in [0, 0.05) is 56.5 Å². The maximum atomic E-state index is 12.9. The molecule has 36 heavy (non-hydrogen) atoms. The first-order chi connectivity index (χ1) is 17.7. The third-order valence-electron chi connectivity index (χ3n) is 6.69. The van der Waals surface area contributed by atoms with Crippen LogP contribution in [0.4, 0.5) is 11.9 Å². The number of likely N-dealkylation sites (tertiary alicyclic amines) is 1. The van der Waals surface area contributed by atoms with Crippen molar-refractivity contribution in [2.24, 2.45) is 0 Å². The second kappa shape index (κ2) is 9.46. The fourth-order valence-corrected chi connectivity index (χ4v) is 4.75. The number of ether oxygens (including phenoxy) is 1. The zero-order valence-electron chi connectivity index (χ0n) is 19.7. The number of pyridine rings is 1. The first kappa shape index (κ1) is 22.3. The molecule has 0 spiro atoms. The molecular formula is C24H26N10O2. The van der Waals surface area contributed by atoms with E-state index in [1.54, 1.807) is 43.1 Å². The molecule has 1 amide bonds. The topological polar surface area (TPSA) is 141 Å². The van der Waals surface area contributed by atoms with Gasteiger partial charge in [0.15, 0.2) is 5.65 Å². The van der Waals surface area contributed by atoms with E-state index in [-0.39, 0.29) is 17.9 Å². The molecule has 0 aromatic carbocycles. The molecule has 2 aliphatic rings. The lowest BCUT2D eigenvalue weighted by molar-refractivity contribution is 0.0691. The van der Waals surface area contributed by atoms with Crippen LogP contribution in [-0.4, -0.2) is 84.9 Å². The van der Waals surface area contributed by atoms with Crippen molar-refractivity contribution in [2.45, 2.75) is 18.9 Å². The number of nitrogens with zero attached hydrogens (tertiary/aromatic N) is 9. The van der Waals surface area contributed by atoms with Crippen LogP contribution in [0.3, 0.4) is 0 Å². The average Bonchev–Trinajstić information content (AvgIpc) is 3.38. The maximum Gasteiger partial charge on any atom is 0.255 e. The number of hydrogen-bond acceptors (Lipinski definition) is 10. The number of carbonyl (C=O) groups excluding carboxylic acids is 1. The number of anilines is 2. The van der Waals surface area contributed by atoms with Gasteiger partial charge in [-0.25, -0.2) is 19.6 Å². The van der Waals surface area contributed by atoms with Crippen molar-refractivity contribution in [1.29, 1.82) is 0 Å². The molecule has 184 valence electrons. The second-order valence-corrected chi connectivity index (χ2v) is 8.89. The standard InChI is InChI=1S/C24H26N10O2/c25-23-27-13-17(14-28-23)20-19-15-29-34(21(19)31-24(30-20)33-8-10-36-11-9-33)18-3-6-32(7-4-18)22(35)16-2-1-5-26-12-16/h1-2,5,12-15,18H,3-4,6-11H2,(H2,25,27,28). The van der Waals surface area contributed by atoms with E-state index in [2.05, 4.69) is 19.9 Å². The van der Waals surface area contributed by atoms with Crippen LogP contribution in [0.25, 0.3) is 22.3 Å². The molecule has 6 rings (SSSR count). The Balaban J connectivity index is 1.32. The van der Waals surface area contributed by atoms with Crippen molar-refractivity contribution in [3.8, 4) is 11.3 Å². The largest absolute Gasteiger partial charge is 0.378 e. The fourth-order valence-electron chi connectivity index (χ4n) is 4.75. The molecule has 0 atom stereocenters. The summed E-state index contributed by atoms with van der Waals surface area (Å²) in [6.45, 7) is 3.97. The van der Waals surface area contributed by atoms with Gasteiger partial charge in [0.05, 0.1) is 42.1 Å². The van der Waals surface area contributed by atoms with Gasteiger partial charge in [-0.05, 0) is 25.0 Å². The highest BCUT2D eigenvalue weighted by Crippen LogP contribution is 2.32. The van der Waals surface area contributed by atoms with Crippen molar-refractivity contribution >= 4 is 28.8 Å². The average molecular weight is 487 g/mol. The first-order valence-electron chi connectivity index (χ1n) is 12.0. The quantitative estimate of drug-likeness (QED) is 0.452. The maximum absolute atomic E-state index is 12.9. The van der Waals surface area contributed by atoms with Gasteiger partial charge in [0.2, 0.25) is 11.9 Å². The first-order valence-corrected chi connectivity index (χ1v) is 12.0. The predicted octanol–water partition coefficient (Wildman–Crippen LogP) is 1.57. The van der Waals surface area contributed by atoms with Gasteiger partial charge in [-0.15, -0.1) is 0 Å². The van der Waals surface area contributed by atoms with Crippen molar-refractivity contribution in [2.75, 3.05) is 50.0 Å². The summed E-state index contributed by atoms with van der Waals surface area (Å²) in [6, 6.07) is 3.70.